The van der Waals surface area contributed by atoms with E-state index in [1.807, 2.05) is 35.2 Å². The number of rotatable bonds is 6. The highest BCUT2D eigenvalue weighted by Gasteiger charge is 2.49. The standard InChI is InChI=1S/C24H28N2O5S2/c1-15(2)17-6-8-18(9-7-17)26-19-13-33(28,29)14-22(19)32-24(26)25-23(27)12-16-5-10-20(30-3)21(11-16)31-4/h5-11,15,19,22H,12-14H2,1-4H3/t19-,22-/m0/s1. The molecule has 33 heavy (non-hydrogen) atoms. The molecule has 4 rings (SSSR count). The lowest BCUT2D eigenvalue weighted by Crippen LogP contribution is -2.37. The molecule has 9 heteroatoms. The Labute approximate surface area is 199 Å². The summed E-state index contributed by atoms with van der Waals surface area (Å²) in [6.07, 6.45) is 0.109. The molecule has 0 saturated carbocycles. The normalized spacial score (nSPS) is 22.6. The van der Waals surface area contributed by atoms with Gasteiger partial charge in [0.15, 0.2) is 26.5 Å². The van der Waals surface area contributed by atoms with Gasteiger partial charge in [-0.05, 0) is 41.3 Å². The second-order valence-corrected chi connectivity index (χ2v) is 11.9. The number of methoxy groups -OCH3 is 2. The third-order valence-electron chi connectivity index (χ3n) is 5.93. The molecule has 2 fully saturated rings. The van der Waals surface area contributed by atoms with E-state index in [-0.39, 0.29) is 35.1 Å². The van der Waals surface area contributed by atoms with Crippen LogP contribution in [0.3, 0.4) is 0 Å². The van der Waals surface area contributed by atoms with Crippen LogP contribution in [0.25, 0.3) is 0 Å². The van der Waals surface area contributed by atoms with Crippen LogP contribution in [0.5, 0.6) is 11.5 Å². The summed E-state index contributed by atoms with van der Waals surface area (Å²) in [5.41, 5.74) is 2.82. The summed E-state index contributed by atoms with van der Waals surface area (Å²) in [5, 5.41) is 0.426. The zero-order chi connectivity index (χ0) is 23.8. The van der Waals surface area contributed by atoms with Crippen molar-refractivity contribution in [1.82, 2.24) is 0 Å². The molecule has 2 aliphatic heterocycles. The largest absolute Gasteiger partial charge is 0.493 e. The maximum Gasteiger partial charge on any atom is 0.252 e. The third kappa shape index (κ3) is 5.04. The van der Waals surface area contributed by atoms with Crippen LogP contribution in [0.1, 0.15) is 30.9 Å². The number of ether oxygens (including phenoxy) is 2. The van der Waals surface area contributed by atoms with Crippen LogP contribution in [0.15, 0.2) is 47.5 Å². The Bertz CT molecular complexity index is 1180. The maximum atomic E-state index is 12.9. The zero-order valence-electron chi connectivity index (χ0n) is 19.1. The third-order valence-corrected chi connectivity index (χ3v) is 9.14. The van der Waals surface area contributed by atoms with E-state index in [4.69, 9.17) is 9.47 Å². The molecular formula is C24H28N2O5S2. The molecule has 2 heterocycles. The highest BCUT2D eigenvalue weighted by Crippen LogP contribution is 2.41. The van der Waals surface area contributed by atoms with Gasteiger partial charge >= 0.3 is 0 Å². The first-order chi connectivity index (χ1) is 15.7. The molecule has 0 unspecified atom stereocenters. The Morgan fingerprint density at radius 3 is 2.42 bits per heavy atom. The van der Waals surface area contributed by atoms with Crippen molar-refractivity contribution in [3.63, 3.8) is 0 Å². The fourth-order valence-corrected chi connectivity index (χ4v) is 8.13. The van der Waals surface area contributed by atoms with Crippen molar-refractivity contribution in [2.45, 2.75) is 37.5 Å². The van der Waals surface area contributed by atoms with E-state index < -0.39 is 9.84 Å². The van der Waals surface area contributed by atoms with Crippen LogP contribution >= 0.6 is 11.8 Å². The fraction of sp³-hybridized carbons (Fsp3) is 0.417. The number of carbonyl (C=O) groups excluding carboxylic acids is 1. The second-order valence-electron chi connectivity index (χ2n) is 8.57. The molecule has 2 aliphatic rings. The van der Waals surface area contributed by atoms with E-state index in [0.717, 1.165) is 11.3 Å². The number of benzene rings is 2. The number of hydrogen-bond acceptors (Lipinski definition) is 6. The van der Waals surface area contributed by atoms with Gasteiger partial charge in [0.2, 0.25) is 0 Å². The number of anilines is 1. The zero-order valence-corrected chi connectivity index (χ0v) is 20.8. The molecule has 0 aromatic heterocycles. The summed E-state index contributed by atoms with van der Waals surface area (Å²) in [6, 6.07) is 13.2. The lowest BCUT2D eigenvalue weighted by molar-refractivity contribution is -0.117. The van der Waals surface area contributed by atoms with Crippen molar-refractivity contribution in [3.8, 4) is 11.5 Å². The van der Waals surface area contributed by atoms with Crippen molar-refractivity contribution in [3.05, 3.63) is 53.6 Å². The Hall–Kier alpha value is -2.52. The Morgan fingerprint density at radius 2 is 1.79 bits per heavy atom. The summed E-state index contributed by atoms with van der Waals surface area (Å²) in [5.74, 6) is 1.42. The smallest absolute Gasteiger partial charge is 0.252 e. The van der Waals surface area contributed by atoms with E-state index in [9.17, 15) is 13.2 Å². The van der Waals surface area contributed by atoms with E-state index >= 15 is 0 Å². The predicted octanol–water partition coefficient (Wildman–Crippen LogP) is 3.67. The Morgan fingerprint density at radius 1 is 1.09 bits per heavy atom. The minimum atomic E-state index is -3.11. The second kappa shape index (κ2) is 9.38. The molecule has 2 saturated heterocycles. The lowest BCUT2D eigenvalue weighted by Gasteiger charge is -2.25. The highest BCUT2D eigenvalue weighted by atomic mass is 32.2. The average Bonchev–Trinajstić information content (AvgIpc) is 3.24. The summed E-state index contributed by atoms with van der Waals surface area (Å²) in [4.78, 5) is 19.2. The lowest BCUT2D eigenvalue weighted by atomic mass is 10.0. The van der Waals surface area contributed by atoms with Crippen molar-refractivity contribution in [2.75, 3.05) is 30.6 Å². The first kappa shape index (κ1) is 23.6. The first-order valence-corrected chi connectivity index (χ1v) is 13.5. The Kier molecular flexibility index (Phi) is 6.72. The molecule has 0 bridgehead atoms. The van der Waals surface area contributed by atoms with Gasteiger partial charge in [0, 0.05) is 10.9 Å². The van der Waals surface area contributed by atoms with E-state index in [0.29, 0.717) is 22.6 Å². The van der Waals surface area contributed by atoms with Gasteiger partial charge in [-0.25, -0.2) is 8.42 Å². The van der Waals surface area contributed by atoms with Gasteiger partial charge < -0.3 is 14.4 Å². The van der Waals surface area contributed by atoms with E-state index in [1.165, 1.54) is 17.3 Å². The van der Waals surface area contributed by atoms with E-state index in [2.05, 4.69) is 18.8 Å². The first-order valence-electron chi connectivity index (χ1n) is 10.8. The molecule has 0 spiro atoms. The summed E-state index contributed by atoms with van der Waals surface area (Å²) < 4.78 is 35.1. The number of hydrogen-bond donors (Lipinski definition) is 0. The van der Waals surface area contributed by atoms with Gasteiger partial charge in [-0.15, -0.1) is 0 Å². The van der Waals surface area contributed by atoms with Gasteiger partial charge in [0.05, 0.1) is 38.2 Å². The van der Waals surface area contributed by atoms with Crippen LogP contribution in [-0.4, -0.2) is 56.5 Å². The molecule has 2 aromatic carbocycles. The summed E-state index contributed by atoms with van der Waals surface area (Å²) >= 11 is 1.38. The summed E-state index contributed by atoms with van der Waals surface area (Å²) in [6.45, 7) is 4.25. The van der Waals surface area contributed by atoms with Crippen molar-refractivity contribution in [2.24, 2.45) is 4.99 Å². The van der Waals surface area contributed by atoms with Gasteiger partial charge in [0.1, 0.15) is 0 Å². The van der Waals surface area contributed by atoms with Crippen LogP contribution < -0.4 is 14.4 Å². The van der Waals surface area contributed by atoms with Gasteiger partial charge in [0.25, 0.3) is 5.91 Å². The molecule has 2 aromatic rings. The molecule has 176 valence electrons. The van der Waals surface area contributed by atoms with Gasteiger partial charge in [-0.1, -0.05) is 43.8 Å². The monoisotopic (exact) mass is 488 g/mol. The molecule has 0 N–H and O–H groups in total. The van der Waals surface area contributed by atoms with Crippen molar-refractivity contribution < 1.29 is 22.7 Å². The van der Waals surface area contributed by atoms with Crippen LogP contribution in [-0.2, 0) is 21.1 Å². The number of amides is 1. The Balaban J connectivity index is 1.61. The average molecular weight is 489 g/mol. The number of amidine groups is 1. The molecule has 0 aliphatic carbocycles. The SMILES string of the molecule is COc1ccc(CC(=O)N=C2S[C@H]3CS(=O)(=O)C[C@@H]3N2c2ccc(C(C)C)cc2)cc1OC. The van der Waals surface area contributed by atoms with Crippen molar-refractivity contribution in [1.29, 1.82) is 0 Å². The van der Waals surface area contributed by atoms with E-state index in [1.54, 1.807) is 26.4 Å². The van der Waals surface area contributed by atoms with Crippen LogP contribution in [0.2, 0.25) is 0 Å². The topological polar surface area (TPSA) is 85.3 Å². The summed E-state index contributed by atoms with van der Waals surface area (Å²) in [7, 11) is -0.000446. The molecule has 0 radical (unpaired) electrons. The van der Waals surface area contributed by atoms with Gasteiger partial charge in [-0.3, -0.25) is 4.79 Å². The van der Waals surface area contributed by atoms with Crippen LogP contribution in [0, 0.1) is 0 Å². The van der Waals surface area contributed by atoms with Gasteiger partial charge in [-0.2, -0.15) is 4.99 Å². The predicted molar refractivity (Wildman–Crippen MR) is 133 cm³/mol. The molecule has 1 amide bonds. The molecular weight excluding hydrogens is 460 g/mol. The van der Waals surface area contributed by atoms with Crippen molar-refractivity contribution >= 4 is 38.4 Å². The number of carbonyl (C=O) groups is 1. The number of thioether (sulfide) groups is 1. The quantitative estimate of drug-likeness (QED) is 0.613. The molecule has 7 nitrogen and oxygen atoms in total. The number of fused-ring (bicyclic) bond motifs is 1. The maximum absolute atomic E-state index is 12.9. The number of sulfone groups is 1. The minimum absolute atomic E-state index is 0.0689. The highest BCUT2D eigenvalue weighted by molar-refractivity contribution is 8.16. The number of aliphatic imine (C=N–C) groups is 1. The minimum Gasteiger partial charge on any atom is -0.493 e. The number of nitrogens with zero attached hydrogens (tertiary/aromatic N) is 2. The molecule has 2 atom stereocenters. The fourth-order valence-electron chi connectivity index (χ4n) is 4.20. The van der Waals surface area contributed by atoms with Crippen LogP contribution in [0.4, 0.5) is 5.69 Å².